The van der Waals surface area contributed by atoms with E-state index in [0.717, 1.165) is 49.1 Å². The summed E-state index contributed by atoms with van der Waals surface area (Å²) in [6.07, 6.45) is 6.72. The fourth-order valence-electron chi connectivity index (χ4n) is 6.11. The van der Waals surface area contributed by atoms with Crippen molar-refractivity contribution in [2.24, 2.45) is 5.92 Å². The fraction of sp³-hybridized carbons (Fsp3) is 0.485. The summed E-state index contributed by atoms with van der Waals surface area (Å²) < 4.78 is 54.8. The first kappa shape index (κ1) is 36.6. The standard InChI is InChI=1S/C33H39F3N8O5S/c1-43-10-12-44(13-11-43)31(47)26(40-29(45)27-19-38-42-50-27)15-20-8-9-25(24(34)14-20)39-30(46)28(21-6-4-3-5-7-21)41-32(48)33(35,36)22-16-23(49-2)18-37-17-22/h8-9,14,16-19,21,26,28H,3-7,10-13,15H2,1-2H3,(H,39,46)(H,40,45)(H,41,48). The molecule has 3 N–H and O–H groups in total. The molecule has 268 valence electrons. The average Bonchev–Trinajstić information content (AvgIpc) is 3.67. The van der Waals surface area contributed by atoms with Crippen LogP contribution in [-0.2, 0) is 26.7 Å². The number of likely N-dealkylation sites (N-methyl/N-ethyl adjacent to an activating group) is 1. The van der Waals surface area contributed by atoms with Gasteiger partial charge < -0.3 is 30.5 Å². The number of amides is 4. The minimum atomic E-state index is -4.04. The Morgan fingerprint density at radius 2 is 1.76 bits per heavy atom. The van der Waals surface area contributed by atoms with Crippen LogP contribution in [0.2, 0.25) is 0 Å². The normalized spacial score (nSPS) is 17.0. The molecule has 17 heteroatoms. The molecule has 5 rings (SSSR count). The van der Waals surface area contributed by atoms with Crippen molar-refractivity contribution < 1.29 is 37.1 Å². The van der Waals surface area contributed by atoms with E-state index in [1.165, 1.54) is 31.6 Å². The predicted octanol–water partition coefficient (Wildman–Crippen LogP) is 2.99. The highest BCUT2D eigenvalue weighted by atomic mass is 32.1. The number of nitrogens with one attached hydrogen (secondary N) is 3. The number of methoxy groups -OCH3 is 1. The van der Waals surface area contributed by atoms with Crippen molar-refractivity contribution in [1.82, 2.24) is 35.0 Å². The molecule has 1 saturated carbocycles. The largest absolute Gasteiger partial charge is 0.495 e. The van der Waals surface area contributed by atoms with Gasteiger partial charge in [-0.2, -0.15) is 8.78 Å². The lowest BCUT2D eigenvalue weighted by atomic mass is 9.83. The van der Waals surface area contributed by atoms with Crippen molar-refractivity contribution in [2.75, 3.05) is 45.7 Å². The van der Waals surface area contributed by atoms with Crippen LogP contribution in [0.25, 0.3) is 0 Å². The second-order valence-electron chi connectivity index (χ2n) is 12.5. The monoisotopic (exact) mass is 716 g/mol. The number of pyridine rings is 1. The summed E-state index contributed by atoms with van der Waals surface area (Å²) in [6.45, 7) is 2.24. The zero-order valence-electron chi connectivity index (χ0n) is 27.7. The third kappa shape index (κ3) is 8.93. The molecule has 2 aromatic heterocycles. The Bertz CT molecular complexity index is 1670. The van der Waals surface area contributed by atoms with Crippen LogP contribution >= 0.6 is 11.5 Å². The highest BCUT2D eigenvalue weighted by Gasteiger charge is 2.44. The molecule has 3 heterocycles. The minimum absolute atomic E-state index is 0.0324. The Morgan fingerprint density at radius 3 is 2.42 bits per heavy atom. The number of benzene rings is 1. The van der Waals surface area contributed by atoms with E-state index >= 15 is 13.2 Å². The Hall–Kier alpha value is -4.64. The van der Waals surface area contributed by atoms with Crippen molar-refractivity contribution in [3.05, 3.63) is 64.7 Å². The Morgan fingerprint density at radius 1 is 1.02 bits per heavy atom. The third-order valence-electron chi connectivity index (χ3n) is 9.02. The number of hydrogen-bond acceptors (Lipinski definition) is 10. The summed E-state index contributed by atoms with van der Waals surface area (Å²) >= 11 is 0.874. The quantitative estimate of drug-likeness (QED) is 0.256. The number of ether oxygens (including phenoxy) is 1. The maximum absolute atomic E-state index is 15.6. The number of carbonyl (C=O) groups excluding carboxylic acids is 4. The van der Waals surface area contributed by atoms with Crippen LogP contribution in [0, 0.1) is 11.7 Å². The van der Waals surface area contributed by atoms with Gasteiger partial charge in [-0.15, -0.1) is 5.10 Å². The summed E-state index contributed by atoms with van der Waals surface area (Å²) in [5.41, 5.74) is -0.582. The first-order valence-corrected chi connectivity index (χ1v) is 17.1. The second-order valence-corrected chi connectivity index (χ2v) is 13.3. The van der Waals surface area contributed by atoms with Crippen LogP contribution in [0.3, 0.4) is 0 Å². The van der Waals surface area contributed by atoms with Gasteiger partial charge in [-0.3, -0.25) is 24.2 Å². The maximum Gasteiger partial charge on any atom is 0.351 e. The van der Waals surface area contributed by atoms with Gasteiger partial charge in [-0.05, 0) is 61.1 Å². The van der Waals surface area contributed by atoms with E-state index in [1.807, 2.05) is 7.05 Å². The van der Waals surface area contributed by atoms with E-state index in [2.05, 4.69) is 35.4 Å². The maximum atomic E-state index is 15.6. The molecule has 1 aromatic carbocycles. The van der Waals surface area contributed by atoms with E-state index in [0.29, 0.717) is 44.6 Å². The van der Waals surface area contributed by atoms with Crippen LogP contribution in [0.1, 0.15) is 52.9 Å². The van der Waals surface area contributed by atoms with Gasteiger partial charge in [-0.25, -0.2) is 4.39 Å². The van der Waals surface area contributed by atoms with Crippen LogP contribution < -0.4 is 20.7 Å². The van der Waals surface area contributed by atoms with E-state index in [1.54, 1.807) is 4.90 Å². The van der Waals surface area contributed by atoms with Crippen molar-refractivity contribution >= 4 is 40.8 Å². The SMILES string of the molecule is COc1cncc(C(F)(F)C(=O)NC(C(=O)Nc2ccc(CC(NC(=O)c3cnns3)C(=O)N3CCN(C)CC3)cc2F)C2CCCCC2)c1. The highest BCUT2D eigenvalue weighted by Crippen LogP contribution is 2.32. The molecule has 2 atom stereocenters. The van der Waals surface area contributed by atoms with E-state index in [-0.39, 0.29) is 28.6 Å². The molecule has 3 aromatic rings. The van der Waals surface area contributed by atoms with Gasteiger partial charge in [0, 0.05) is 38.8 Å². The molecule has 2 aliphatic rings. The molecule has 1 aliphatic carbocycles. The van der Waals surface area contributed by atoms with Crippen LogP contribution in [-0.4, -0.2) is 100 Å². The smallest absolute Gasteiger partial charge is 0.351 e. The number of piperazine rings is 1. The summed E-state index contributed by atoms with van der Waals surface area (Å²) in [6, 6.07) is 2.53. The second kappa shape index (κ2) is 16.4. The van der Waals surface area contributed by atoms with Gasteiger partial charge in [0.25, 0.3) is 11.8 Å². The number of anilines is 1. The molecule has 2 unspecified atom stereocenters. The van der Waals surface area contributed by atoms with Crippen molar-refractivity contribution in [2.45, 2.75) is 56.5 Å². The molecule has 0 bridgehead atoms. The van der Waals surface area contributed by atoms with Crippen molar-refractivity contribution in [3.8, 4) is 5.75 Å². The predicted molar refractivity (Wildman–Crippen MR) is 177 cm³/mol. The molecule has 1 aliphatic heterocycles. The van der Waals surface area contributed by atoms with E-state index in [4.69, 9.17) is 4.74 Å². The summed E-state index contributed by atoms with van der Waals surface area (Å²) in [5.74, 6) is -8.70. The van der Waals surface area contributed by atoms with Gasteiger partial charge in [0.15, 0.2) is 0 Å². The zero-order chi connectivity index (χ0) is 35.8. The lowest BCUT2D eigenvalue weighted by Gasteiger charge is -2.34. The average molecular weight is 717 g/mol. The first-order valence-electron chi connectivity index (χ1n) is 16.3. The number of nitrogens with zero attached hydrogens (tertiary/aromatic N) is 5. The van der Waals surface area contributed by atoms with Crippen molar-refractivity contribution in [3.63, 3.8) is 0 Å². The minimum Gasteiger partial charge on any atom is -0.495 e. The summed E-state index contributed by atoms with van der Waals surface area (Å²) in [7, 11) is 3.22. The zero-order valence-corrected chi connectivity index (χ0v) is 28.5. The first-order chi connectivity index (χ1) is 24.0. The van der Waals surface area contributed by atoms with Gasteiger partial charge >= 0.3 is 5.92 Å². The number of rotatable bonds is 12. The molecular weight excluding hydrogens is 677 g/mol. The van der Waals surface area contributed by atoms with Crippen LogP contribution in [0.5, 0.6) is 5.75 Å². The van der Waals surface area contributed by atoms with E-state index < -0.39 is 53.0 Å². The Balaban J connectivity index is 1.31. The number of carbonyl (C=O) groups is 4. The third-order valence-corrected chi connectivity index (χ3v) is 9.68. The number of hydrogen-bond donors (Lipinski definition) is 3. The molecule has 0 radical (unpaired) electrons. The van der Waals surface area contributed by atoms with Gasteiger partial charge in [-0.1, -0.05) is 29.8 Å². The van der Waals surface area contributed by atoms with Gasteiger partial charge in [0.1, 0.15) is 28.5 Å². The molecule has 50 heavy (non-hydrogen) atoms. The number of aromatic nitrogens is 3. The summed E-state index contributed by atoms with van der Waals surface area (Å²) in [5, 5.41) is 11.1. The molecule has 2 fully saturated rings. The number of halogens is 3. The van der Waals surface area contributed by atoms with Crippen molar-refractivity contribution in [1.29, 1.82) is 0 Å². The highest BCUT2D eigenvalue weighted by molar-refractivity contribution is 7.07. The molecule has 13 nitrogen and oxygen atoms in total. The molecule has 4 amide bonds. The lowest BCUT2D eigenvalue weighted by molar-refractivity contribution is -0.149. The van der Waals surface area contributed by atoms with Gasteiger partial charge in [0.2, 0.25) is 11.8 Å². The van der Waals surface area contributed by atoms with Crippen LogP contribution in [0.4, 0.5) is 18.9 Å². The van der Waals surface area contributed by atoms with Gasteiger partial charge in [0.05, 0.1) is 30.8 Å². The number of alkyl halides is 2. The Labute approximate surface area is 291 Å². The molecular formula is C33H39F3N8O5S. The molecule has 1 saturated heterocycles. The van der Waals surface area contributed by atoms with Crippen LogP contribution in [0.15, 0.2) is 42.9 Å². The Kier molecular flexibility index (Phi) is 12.0. The fourth-order valence-corrected chi connectivity index (χ4v) is 6.53. The summed E-state index contributed by atoms with van der Waals surface area (Å²) in [4.78, 5) is 60.6. The lowest BCUT2D eigenvalue weighted by Crippen LogP contribution is -2.55. The van der Waals surface area contributed by atoms with E-state index in [9.17, 15) is 19.2 Å². The molecule has 0 spiro atoms. The topological polar surface area (TPSA) is 159 Å².